The van der Waals surface area contributed by atoms with Crippen molar-refractivity contribution >= 4 is 33.0 Å². The van der Waals surface area contributed by atoms with E-state index in [-0.39, 0.29) is 15.7 Å². The molecule has 0 saturated carbocycles. The highest BCUT2D eigenvalue weighted by Gasteiger charge is 2.22. The molecule has 0 amide bonds. The van der Waals surface area contributed by atoms with Gasteiger partial charge in [-0.3, -0.25) is 0 Å². The first-order chi connectivity index (χ1) is 8.90. The Balaban J connectivity index is 2.92. The van der Waals surface area contributed by atoms with Crippen LogP contribution in [0.25, 0.3) is 0 Å². The van der Waals surface area contributed by atoms with Gasteiger partial charge in [-0.15, -0.1) is 0 Å². The van der Waals surface area contributed by atoms with Crippen molar-refractivity contribution in [2.45, 2.75) is 25.0 Å². The van der Waals surface area contributed by atoms with Crippen LogP contribution in [0.5, 0.6) is 0 Å². The van der Waals surface area contributed by atoms with Gasteiger partial charge in [-0.25, -0.2) is 8.42 Å². The number of hydrogen-bond acceptors (Lipinski definition) is 4. The van der Waals surface area contributed by atoms with Crippen LogP contribution < -0.4 is 0 Å². The normalized spacial score (nSPS) is 12.1. The standard InChI is InChI=1S/C12H16Cl2O4S/c1-3-17-12(18-4-2)8-19(15,16)9-5-6-10(13)11(14)7-9/h5-7,12H,3-4,8H2,1-2H3. The first-order valence-electron chi connectivity index (χ1n) is 5.81. The van der Waals surface area contributed by atoms with Gasteiger partial charge in [0, 0.05) is 13.2 Å². The molecular formula is C12H16Cl2O4S. The molecule has 0 saturated heterocycles. The third kappa shape index (κ3) is 4.93. The summed E-state index contributed by atoms with van der Waals surface area (Å²) in [4.78, 5) is 0.103. The average molecular weight is 327 g/mol. The molecule has 1 rings (SSSR count). The van der Waals surface area contributed by atoms with Crippen LogP contribution in [-0.2, 0) is 19.3 Å². The van der Waals surface area contributed by atoms with Crippen molar-refractivity contribution < 1.29 is 17.9 Å². The fourth-order valence-electron chi connectivity index (χ4n) is 1.46. The van der Waals surface area contributed by atoms with Crippen molar-refractivity contribution in [2.75, 3.05) is 19.0 Å². The molecule has 4 nitrogen and oxygen atoms in total. The maximum Gasteiger partial charge on any atom is 0.183 e. The van der Waals surface area contributed by atoms with E-state index in [1.807, 2.05) is 0 Å². The van der Waals surface area contributed by atoms with Crippen LogP contribution in [0.15, 0.2) is 23.1 Å². The van der Waals surface area contributed by atoms with Gasteiger partial charge in [-0.05, 0) is 32.0 Å². The highest BCUT2D eigenvalue weighted by atomic mass is 35.5. The van der Waals surface area contributed by atoms with E-state index in [4.69, 9.17) is 32.7 Å². The van der Waals surface area contributed by atoms with Gasteiger partial charge in [-0.1, -0.05) is 23.2 Å². The zero-order valence-corrected chi connectivity index (χ0v) is 13.1. The summed E-state index contributed by atoms with van der Waals surface area (Å²) in [5.74, 6) is -0.257. The van der Waals surface area contributed by atoms with E-state index >= 15 is 0 Å². The lowest BCUT2D eigenvalue weighted by atomic mass is 10.4. The molecular weight excluding hydrogens is 311 g/mol. The third-order valence-electron chi connectivity index (χ3n) is 2.31. The zero-order chi connectivity index (χ0) is 14.5. The molecule has 7 heteroatoms. The molecule has 0 aliphatic carbocycles. The maximum atomic E-state index is 12.2. The van der Waals surface area contributed by atoms with Gasteiger partial charge in [0.1, 0.15) is 5.75 Å². The molecule has 0 unspecified atom stereocenters. The topological polar surface area (TPSA) is 52.6 Å². The van der Waals surface area contributed by atoms with E-state index in [0.717, 1.165) is 0 Å². The first-order valence-corrected chi connectivity index (χ1v) is 8.22. The van der Waals surface area contributed by atoms with E-state index in [0.29, 0.717) is 18.2 Å². The molecule has 108 valence electrons. The summed E-state index contributed by atoms with van der Waals surface area (Å²) in [6.07, 6.45) is -0.783. The molecule has 0 heterocycles. The smallest absolute Gasteiger partial charge is 0.183 e. The Labute approximate surface area is 123 Å². The van der Waals surface area contributed by atoms with E-state index in [9.17, 15) is 8.42 Å². The van der Waals surface area contributed by atoms with Crippen molar-refractivity contribution in [1.82, 2.24) is 0 Å². The van der Waals surface area contributed by atoms with Crippen LogP contribution >= 0.6 is 23.2 Å². The minimum absolute atomic E-state index is 0.103. The number of rotatable bonds is 7. The molecule has 0 N–H and O–H groups in total. The zero-order valence-electron chi connectivity index (χ0n) is 10.7. The molecule has 0 aliphatic heterocycles. The second-order valence-corrected chi connectivity index (χ2v) is 6.55. The first kappa shape index (κ1) is 16.7. The van der Waals surface area contributed by atoms with Gasteiger partial charge < -0.3 is 9.47 Å². The van der Waals surface area contributed by atoms with Gasteiger partial charge in [-0.2, -0.15) is 0 Å². The van der Waals surface area contributed by atoms with E-state index in [1.54, 1.807) is 13.8 Å². The van der Waals surface area contributed by atoms with E-state index in [1.165, 1.54) is 18.2 Å². The predicted octanol–water partition coefficient (Wildman–Crippen LogP) is 3.17. The monoisotopic (exact) mass is 326 g/mol. The Hall–Kier alpha value is -0.330. The molecule has 19 heavy (non-hydrogen) atoms. The van der Waals surface area contributed by atoms with Gasteiger partial charge in [0.2, 0.25) is 0 Å². The van der Waals surface area contributed by atoms with Crippen LogP contribution in [0.1, 0.15) is 13.8 Å². The number of sulfone groups is 1. The van der Waals surface area contributed by atoms with Crippen molar-refractivity contribution in [3.8, 4) is 0 Å². The number of halogens is 2. The number of hydrogen-bond donors (Lipinski definition) is 0. The summed E-state index contributed by atoms with van der Waals surface area (Å²) in [5.41, 5.74) is 0. The average Bonchev–Trinajstić information content (AvgIpc) is 2.32. The lowest BCUT2D eigenvalue weighted by Gasteiger charge is -2.17. The van der Waals surface area contributed by atoms with E-state index in [2.05, 4.69) is 0 Å². The van der Waals surface area contributed by atoms with Gasteiger partial charge in [0.25, 0.3) is 0 Å². The molecule has 0 bridgehead atoms. The van der Waals surface area contributed by atoms with E-state index < -0.39 is 16.1 Å². The van der Waals surface area contributed by atoms with Crippen LogP contribution in [0.4, 0.5) is 0 Å². The lowest BCUT2D eigenvalue weighted by molar-refractivity contribution is -0.120. The van der Waals surface area contributed by atoms with Crippen molar-refractivity contribution in [3.05, 3.63) is 28.2 Å². The van der Waals surface area contributed by atoms with Crippen LogP contribution in [0, 0.1) is 0 Å². The second-order valence-electron chi connectivity index (χ2n) is 3.70. The fraction of sp³-hybridized carbons (Fsp3) is 0.500. The highest BCUT2D eigenvalue weighted by Crippen LogP contribution is 2.25. The minimum Gasteiger partial charge on any atom is -0.352 e. The predicted molar refractivity (Wildman–Crippen MR) is 75.6 cm³/mol. The van der Waals surface area contributed by atoms with Gasteiger partial charge in [0.05, 0.1) is 14.9 Å². The lowest BCUT2D eigenvalue weighted by Crippen LogP contribution is -2.27. The largest absolute Gasteiger partial charge is 0.352 e. The van der Waals surface area contributed by atoms with Crippen LogP contribution in [0.3, 0.4) is 0 Å². The Morgan fingerprint density at radius 2 is 1.68 bits per heavy atom. The molecule has 0 aliphatic rings. The van der Waals surface area contributed by atoms with Gasteiger partial charge in [0.15, 0.2) is 16.1 Å². The molecule has 1 aromatic rings. The van der Waals surface area contributed by atoms with Crippen molar-refractivity contribution in [1.29, 1.82) is 0 Å². The molecule has 0 atom stereocenters. The number of benzene rings is 1. The summed E-state index contributed by atoms with van der Waals surface area (Å²) in [6.45, 7) is 4.30. The summed E-state index contributed by atoms with van der Waals surface area (Å²) >= 11 is 11.6. The van der Waals surface area contributed by atoms with Gasteiger partial charge >= 0.3 is 0 Å². The van der Waals surface area contributed by atoms with Crippen molar-refractivity contribution in [3.63, 3.8) is 0 Å². The fourth-order valence-corrected chi connectivity index (χ4v) is 3.14. The molecule has 0 radical (unpaired) electrons. The maximum absolute atomic E-state index is 12.2. The highest BCUT2D eigenvalue weighted by molar-refractivity contribution is 7.91. The second kappa shape index (κ2) is 7.45. The Kier molecular flexibility index (Phi) is 6.56. The van der Waals surface area contributed by atoms with Crippen LogP contribution in [0.2, 0.25) is 10.0 Å². The Morgan fingerprint density at radius 1 is 1.11 bits per heavy atom. The SMILES string of the molecule is CCOC(CS(=O)(=O)c1ccc(Cl)c(Cl)c1)OCC. The minimum atomic E-state index is -3.54. The quantitative estimate of drug-likeness (QED) is 0.722. The molecule has 0 aromatic heterocycles. The Bertz CT molecular complexity index is 510. The summed E-state index contributed by atoms with van der Waals surface area (Å²) in [6, 6.07) is 4.19. The molecule has 0 fully saturated rings. The summed E-state index contributed by atoms with van der Waals surface area (Å²) in [7, 11) is -3.54. The van der Waals surface area contributed by atoms with Crippen molar-refractivity contribution in [2.24, 2.45) is 0 Å². The Morgan fingerprint density at radius 3 is 2.16 bits per heavy atom. The van der Waals surface area contributed by atoms with Crippen LogP contribution in [-0.4, -0.2) is 33.7 Å². The molecule has 1 aromatic carbocycles. The summed E-state index contributed by atoms with van der Waals surface area (Å²) in [5, 5.41) is 0.513. The molecule has 0 spiro atoms. The summed E-state index contributed by atoms with van der Waals surface area (Å²) < 4.78 is 34.9. The number of ether oxygens (including phenoxy) is 2. The third-order valence-corrected chi connectivity index (χ3v) is 4.73.